The fourth-order valence-electron chi connectivity index (χ4n) is 2.27. The summed E-state index contributed by atoms with van der Waals surface area (Å²) in [5, 5.41) is 12.5. The Labute approximate surface area is 142 Å². The number of aromatic nitrogens is 3. The van der Waals surface area contributed by atoms with E-state index in [4.69, 9.17) is 4.74 Å². The first-order chi connectivity index (χ1) is 12.1. The number of rotatable bonds is 4. The third-order valence-corrected chi connectivity index (χ3v) is 3.45. The second kappa shape index (κ2) is 6.91. The Hall–Kier alpha value is -3.55. The van der Waals surface area contributed by atoms with Crippen molar-refractivity contribution in [3.05, 3.63) is 71.0 Å². The van der Waals surface area contributed by atoms with E-state index in [0.717, 1.165) is 7.11 Å². The molecule has 1 aromatic carbocycles. The molecule has 0 fully saturated rings. The maximum absolute atomic E-state index is 12.5. The van der Waals surface area contributed by atoms with Gasteiger partial charge in [0.1, 0.15) is 12.1 Å². The summed E-state index contributed by atoms with van der Waals surface area (Å²) in [7, 11) is 1.16. The number of benzene rings is 1. The quantitative estimate of drug-likeness (QED) is 0.402. The number of pyridine rings is 1. The number of ether oxygens (including phenoxy) is 2. The summed E-state index contributed by atoms with van der Waals surface area (Å²) in [6.07, 6.45) is 2.88. The molecule has 0 N–H and O–H groups in total. The molecular weight excluding hydrogens is 326 g/mol. The average Bonchev–Trinajstić information content (AvgIpc) is 2.66. The molecule has 0 amide bonds. The van der Waals surface area contributed by atoms with Gasteiger partial charge in [0.2, 0.25) is 5.52 Å². The third-order valence-electron chi connectivity index (χ3n) is 3.45. The van der Waals surface area contributed by atoms with E-state index in [2.05, 4.69) is 14.7 Å². The number of fused-ring (bicyclic) bond motifs is 1. The van der Waals surface area contributed by atoms with Crippen molar-refractivity contribution in [2.24, 2.45) is 0 Å². The summed E-state index contributed by atoms with van der Waals surface area (Å²) in [6.45, 7) is -0.356. The van der Waals surface area contributed by atoms with Gasteiger partial charge in [-0.25, -0.2) is 14.6 Å². The Kier molecular flexibility index (Phi) is 4.51. The first-order valence-electron chi connectivity index (χ1n) is 7.28. The van der Waals surface area contributed by atoms with Gasteiger partial charge in [0.05, 0.1) is 12.7 Å². The van der Waals surface area contributed by atoms with Crippen LogP contribution in [0.5, 0.6) is 0 Å². The lowest BCUT2D eigenvalue weighted by Crippen LogP contribution is -2.38. The van der Waals surface area contributed by atoms with Crippen LogP contribution >= 0.6 is 0 Å². The third kappa shape index (κ3) is 3.23. The molecule has 126 valence electrons. The molecule has 0 aliphatic carbocycles. The summed E-state index contributed by atoms with van der Waals surface area (Å²) in [4.78, 5) is 32.1. The summed E-state index contributed by atoms with van der Waals surface area (Å²) < 4.78 is 10.2. The second-order valence-corrected chi connectivity index (χ2v) is 5.00. The fraction of sp³-hybridized carbons (Fsp3) is 0.118. The van der Waals surface area contributed by atoms with Gasteiger partial charge in [-0.1, -0.05) is 12.1 Å². The van der Waals surface area contributed by atoms with Crippen molar-refractivity contribution >= 4 is 23.0 Å². The van der Waals surface area contributed by atoms with Crippen LogP contribution in [0.1, 0.15) is 26.5 Å². The molecule has 8 heteroatoms. The summed E-state index contributed by atoms with van der Waals surface area (Å²) >= 11 is 0. The number of nitrogens with zero attached hydrogens (tertiary/aromatic N) is 3. The molecule has 0 unspecified atom stereocenters. The molecule has 8 nitrogen and oxygen atoms in total. The van der Waals surface area contributed by atoms with Gasteiger partial charge >= 0.3 is 17.6 Å². The monoisotopic (exact) mass is 339 g/mol. The second-order valence-electron chi connectivity index (χ2n) is 5.00. The molecule has 3 aromatic rings. The maximum atomic E-state index is 12.5. The minimum atomic E-state index is -0.860. The van der Waals surface area contributed by atoms with E-state index >= 15 is 0 Å². The van der Waals surface area contributed by atoms with Crippen LogP contribution in [0.2, 0.25) is 0 Å². The number of carbonyl (C=O) groups is 2. The van der Waals surface area contributed by atoms with E-state index in [1.54, 1.807) is 24.3 Å². The van der Waals surface area contributed by atoms with Crippen LogP contribution in [0.3, 0.4) is 0 Å². The highest BCUT2D eigenvalue weighted by Crippen LogP contribution is 2.14. The zero-order valence-electron chi connectivity index (χ0n) is 13.2. The molecule has 0 saturated carbocycles. The van der Waals surface area contributed by atoms with Crippen molar-refractivity contribution < 1.29 is 23.8 Å². The van der Waals surface area contributed by atoms with Crippen LogP contribution in [0, 0.1) is 5.21 Å². The Morgan fingerprint density at radius 2 is 1.96 bits per heavy atom. The molecule has 0 radical (unpaired) electrons. The zero-order valence-corrected chi connectivity index (χ0v) is 13.2. The lowest BCUT2D eigenvalue weighted by molar-refractivity contribution is -0.581. The van der Waals surface area contributed by atoms with Crippen LogP contribution in [0.25, 0.3) is 11.0 Å². The fourth-order valence-corrected chi connectivity index (χ4v) is 2.27. The van der Waals surface area contributed by atoms with Gasteiger partial charge in [-0.15, -0.1) is 0 Å². The van der Waals surface area contributed by atoms with Gasteiger partial charge in [0, 0.05) is 18.5 Å². The SMILES string of the molecule is COC(=O)c1c(COC(=O)c2cccnc2)nc2ccccc2[n+]1[O-]. The Morgan fingerprint density at radius 1 is 1.16 bits per heavy atom. The first-order valence-corrected chi connectivity index (χ1v) is 7.28. The van der Waals surface area contributed by atoms with E-state index in [1.807, 2.05) is 0 Å². The van der Waals surface area contributed by atoms with Crippen LogP contribution in [-0.2, 0) is 16.1 Å². The molecule has 3 rings (SSSR count). The van der Waals surface area contributed by atoms with Crippen LogP contribution in [0.15, 0.2) is 48.8 Å². The molecule has 0 atom stereocenters. The van der Waals surface area contributed by atoms with E-state index in [-0.39, 0.29) is 29.1 Å². The molecule has 0 spiro atoms. The van der Waals surface area contributed by atoms with Crippen LogP contribution in [-0.4, -0.2) is 29.0 Å². The smallest absolute Gasteiger partial charge is 0.406 e. The predicted molar refractivity (Wildman–Crippen MR) is 85.4 cm³/mol. The highest BCUT2D eigenvalue weighted by Gasteiger charge is 2.27. The van der Waals surface area contributed by atoms with Crippen molar-refractivity contribution in [3.8, 4) is 0 Å². The van der Waals surface area contributed by atoms with Gasteiger partial charge in [0.15, 0.2) is 5.69 Å². The highest BCUT2D eigenvalue weighted by atomic mass is 16.5. The van der Waals surface area contributed by atoms with E-state index in [9.17, 15) is 14.8 Å². The van der Waals surface area contributed by atoms with Crippen LogP contribution < -0.4 is 4.73 Å². The first kappa shape index (κ1) is 16.3. The molecule has 25 heavy (non-hydrogen) atoms. The number of esters is 2. The Balaban J connectivity index is 1.97. The number of methoxy groups -OCH3 is 1. The van der Waals surface area contributed by atoms with E-state index < -0.39 is 11.9 Å². The average molecular weight is 339 g/mol. The molecule has 0 bridgehead atoms. The molecule has 0 aliphatic heterocycles. The lowest BCUT2D eigenvalue weighted by Gasteiger charge is -2.10. The van der Waals surface area contributed by atoms with E-state index in [0.29, 0.717) is 10.2 Å². The van der Waals surface area contributed by atoms with Crippen LogP contribution in [0.4, 0.5) is 0 Å². The Morgan fingerprint density at radius 3 is 2.68 bits per heavy atom. The van der Waals surface area contributed by atoms with Crippen molar-refractivity contribution in [3.63, 3.8) is 0 Å². The van der Waals surface area contributed by atoms with Crippen molar-refractivity contribution in [2.75, 3.05) is 7.11 Å². The number of hydrogen-bond acceptors (Lipinski definition) is 7. The highest BCUT2D eigenvalue weighted by molar-refractivity contribution is 5.90. The van der Waals surface area contributed by atoms with Crippen molar-refractivity contribution in [1.82, 2.24) is 9.97 Å². The number of hydrogen-bond donors (Lipinski definition) is 0. The van der Waals surface area contributed by atoms with Gasteiger partial charge in [-0.3, -0.25) is 4.98 Å². The molecule has 2 aromatic heterocycles. The molecule has 2 heterocycles. The van der Waals surface area contributed by atoms with Gasteiger partial charge in [0.25, 0.3) is 0 Å². The lowest BCUT2D eigenvalue weighted by atomic mass is 10.2. The zero-order chi connectivity index (χ0) is 17.8. The topological polar surface area (TPSA) is 105 Å². The predicted octanol–water partition coefficient (Wildman–Crippen LogP) is 1.41. The molecule has 0 saturated heterocycles. The normalized spacial score (nSPS) is 10.4. The largest absolute Gasteiger partial charge is 0.618 e. The summed E-state index contributed by atoms with van der Waals surface area (Å²) in [5.74, 6) is -1.50. The molecule has 0 aliphatic rings. The van der Waals surface area contributed by atoms with Crippen molar-refractivity contribution in [2.45, 2.75) is 6.61 Å². The minimum Gasteiger partial charge on any atom is -0.618 e. The van der Waals surface area contributed by atoms with Gasteiger partial charge in [-0.2, -0.15) is 4.73 Å². The number of para-hydroxylation sites is 2. The summed E-state index contributed by atoms with van der Waals surface area (Å²) in [5.41, 5.74) is 0.527. The summed E-state index contributed by atoms with van der Waals surface area (Å²) in [6, 6.07) is 9.65. The standard InChI is InChI=1S/C17H13N3O5/c1-24-17(22)15-13(10-25-16(21)11-5-4-8-18-9-11)19-12-6-2-3-7-14(12)20(15)23/h2-9H,10H2,1H3. The van der Waals surface area contributed by atoms with Gasteiger partial charge in [-0.05, 0) is 18.2 Å². The number of carbonyl (C=O) groups excluding carboxylic acids is 2. The Bertz CT molecular complexity index is 944. The maximum Gasteiger partial charge on any atom is 0.406 e. The van der Waals surface area contributed by atoms with E-state index in [1.165, 1.54) is 24.5 Å². The van der Waals surface area contributed by atoms with Gasteiger partial charge < -0.3 is 14.7 Å². The molecular formula is C17H13N3O5. The minimum absolute atomic E-state index is 0.0118. The van der Waals surface area contributed by atoms with Crippen molar-refractivity contribution in [1.29, 1.82) is 0 Å².